The number of methoxy groups -OCH3 is 1. The van der Waals surface area contributed by atoms with Crippen molar-refractivity contribution < 1.29 is 19.1 Å². The second-order valence-electron chi connectivity index (χ2n) is 7.89. The summed E-state index contributed by atoms with van der Waals surface area (Å²) in [5, 5.41) is 6.08. The zero-order chi connectivity index (χ0) is 24.8. The van der Waals surface area contributed by atoms with Crippen LogP contribution in [0.4, 0.5) is 0 Å². The minimum Gasteiger partial charge on any atom is -0.460 e. The van der Waals surface area contributed by atoms with Crippen molar-refractivity contribution in [3.63, 3.8) is 0 Å². The van der Waals surface area contributed by atoms with E-state index >= 15 is 0 Å². The van der Waals surface area contributed by atoms with Gasteiger partial charge < -0.3 is 19.7 Å². The largest absolute Gasteiger partial charge is 0.460 e. The molecule has 1 amide bonds. The van der Waals surface area contributed by atoms with Gasteiger partial charge in [-0.05, 0) is 47.7 Å². The molecule has 0 aliphatic carbocycles. The van der Waals surface area contributed by atoms with Crippen LogP contribution in [0.1, 0.15) is 30.5 Å². The zero-order valence-electron chi connectivity index (χ0n) is 19.4. The zero-order valence-corrected chi connectivity index (χ0v) is 20.9. The molecule has 1 aromatic heterocycles. The Kier molecular flexibility index (Phi) is 8.22. The minimum absolute atomic E-state index is 0.124. The summed E-state index contributed by atoms with van der Waals surface area (Å²) in [6.45, 7) is 2.60. The van der Waals surface area contributed by atoms with E-state index in [1.165, 1.54) is 11.8 Å². The highest BCUT2D eigenvalue weighted by Crippen LogP contribution is 2.45. The lowest BCUT2D eigenvalue weighted by molar-refractivity contribution is -0.141. The Bertz CT molecular complexity index is 1200. The van der Waals surface area contributed by atoms with Gasteiger partial charge in [-0.3, -0.25) is 9.78 Å². The normalized spacial score (nSPS) is 17.0. The van der Waals surface area contributed by atoms with Gasteiger partial charge in [-0.2, -0.15) is 0 Å². The fourth-order valence-corrected chi connectivity index (χ4v) is 5.01. The lowest BCUT2D eigenvalue weighted by Crippen LogP contribution is -2.38. The van der Waals surface area contributed by atoms with E-state index in [9.17, 15) is 9.59 Å². The molecule has 0 saturated heterocycles. The molecular formula is C25H25ClN4O4S. The Morgan fingerprint density at radius 1 is 1.20 bits per heavy atom. The second kappa shape index (κ2) is 11.5. The van der Waals surface area contributed by atoms with Gasteiger partial charge in [0.1, 0.15) is 6.61 Å². The Morgan fingerprint density at radius 2 is 2.00 bits per heavy atom. The molecule has 182 valence electrons. The molecule has 0 spiro atoms. The number of esters is 1. The third-order valence-corrected chi connectivity index (χ3v) is 6.61. The number of pyridine rings is 1. The average Bonchev–Trinajstić information content (AvgIpc) is 3.24. The molecule has 2 aliphatic rings. The molecule has 35 heavy (non-hydrogen) atoms. The van der Waals surface area contributed by atoms with Crippen LogP contribution in [0, 0.1) is 0 Å². The molecule has 2 aliphatic heterocycles. The van der Waals surface area contributed by atoms with Crippen molar-refractivity contribution in [1.82, 2.24) is 15.2 Å². The summed E-state index contributed by atoms with van der Waals surface area (Å²) in [5.41, 5.74) is 3.46. The third kappa shape index (κ3) is 5.93. The van der Waals surface area contributed by atoms with Crippen molar-refractivity contribution in [3.05, 3.63) is 87.3 Å². The number of allylic oxidation sites excluding steroid dienone is 1. The number of thioether (sulfide) groups is 1. The Balaban J connectivity index is 1.59. The van der Waals surface area contributed by atoms with Crippen LogP contribution in [0.25, 0.3) is 0 Å². The van der Waals surface area contributed by atoms with Crippen LogP contribution in [0.2, 0.25) is 5.02 Å². The van der Waals surface area contributed by atoms with Crippen molar-refractivity contribution in [2.75, 3.05) is 20.3 Å². The van der Waals surface area contributed by atoms with Crippen molar-refractivity contribution in [2.24, 2.45) is 4.99 Å². The summed E-state index contributed by atoms with van der Waals surface area (Å²) >= 11 is 7.73. The van der Waals surface area contributed by atoms with Crippen LogP contribution < -0.4 is 5.32 Å². The number of aliphatic imine (C=N–C) groups is 1. The number of hydrogen-bond acceptors (Lipinski definition) is 8. The number of amidine groups is 1. The van der Waals surface area contributed by atoms with E-state index < -0.39 is 12.0 Å². The standard InChI is InChI=1S/C25H25ClN4O4S/c1-16-22(24(32)34-11-10-33-2)23(18-4-3-5-19(26)12-18)30-20(15-35-25(30)29-16)13-21(31)28-14-17-6-8-27-9-7-17/h3-9,12,15,23H,10-11,13-14H2,1-2H3,(H,28,31)/t23-/m1/s1. The Morgan fingerprint density at radius 3 is 2.74 bits per heavy atom. The predicted octanol–water partition coefficient (Wildman–Crippen LogP) is 4.21. The highest BCUT2D eigenvalue weighted by atomic mass is 35.5. The van der Waals surface area contributed by atoms with Crippen LogP contribution in [0.5, 0.6) is 0 Å². The van der Waals surface area contributed by atoms with Gasteiger partial charge in [0.15, 0.2) is 5.17 Å². The molecule has 8 nitrogen and oxygen atoms in total. The molecule has 0 fully saturated rings. The summed E-state index contributed by atoms with van der Waals surface area (Å²) in [4.78, 5) is 36.5. The number of carbonyl (C=O) groups is 2. The number of aromatic nitrogens is 1. The smallest absolute Gasteiger partial charge is 0.338 e. The molecule has 4 rings (SSSR count). The fraction of sp³-hybridized carbons (Fsp3) is 0.280. The van der Waals surface area contributed by atoms with Crippen LogP contribution in [-0.4, -0.2) is 47.3 Å². The number of halogens is 1. The van der Waals surface area contributed by atoms with Gasteiger partial charge in [-0.1, -0.05) is 35.5 Å². The van der Waals surface area contributed by atoms with Crippen molar-refractivity contribution in [2.45, 2.75) is 25.9 Å². The fourth-order valence-electron chi connectivity index (χ4n) is 3.85. The molecule has 1 N–H and O–H groups in total. The molecule has 3 heterocycles. The van der Waals surface area contributed by atoms with Crippen molar-refractivity contribution in [3.8, 4) is 0 Å². The van der Waals surface area contributed by atoms with E-state index in [1.54, 1.807) is 32.5 Å². The maximum absolute atomic E-state index is 13.2. The van der Waals surface area contributed by atoms with Crippen LogP contribution >= 0.6 is 23.4 Å². The molecule has 10 heteroatoms. The molecule has 1 aromatic carbocycles. The lowest BCUT2D eigenvalue weighted by Gasteiger charge is -2.36. The second-order valence-corrected chi connectivity index (χ2v) is 9.16. The summed E-state index contributed by atoms with van der Waals surface area (Å²) in [7, 11) is 1.54. The summed E-state index contributed by atoms with van der Waals surface area (Å²) in [6.07, 6.45) is 3.50. The molecule has 0 bridgehead atoms. The molecule has 0 unspecified atom stereocenters. The van der Waals surface area contributed by atoms with Crippen LogP contribution in [0.3, 0.4) is 0 Å². The minimum atomic E-state index is -0.537. The van der Waals surface area contributed by atoms with Crippen LogP contribution in [-0.2, 0) is 25.6 Å². The number of rotatable bonds is 9. The number of nitrogens with zero attached hydrogens (tertiary/aromatic N) is 3. The Hall–Kier alpha value is -3.14. The number of benzene rings is 1. The number of ether oxygens (including phenoxy) is 2. The highest BCUT2D eigenvalue weighted by molar-refractivity contribution is 8.16. The number of fused-ring (bicyclic) bond motifs is 1. The molecule has 0 saturated carbocycles. The van der Waals surface area contributed by atoms with Gasteiger partial charge in [0.25, 0.3) is 0 Å². The number of amides is 1. The van der Waals surface area contributed by atoms with Gasteiger partial charge in [-0.15, -0.1) is 0 Å². The van der Waals surface area contributed by atoms with Crippen LogP contribution in [0.15, 0.2) is 76.2 Å². The predicted molar refractivity (Wildman–Crippen MR) is 135 cm³/mol. The monoisotopic (exact) mass is 512 g/mol. The van der Waals surface area contributed by atoms with Crippen molar-refractivity contribution in [1.29, 1.82) is 0 Å². The van der Waals surface area contributed by atoms with Gasteiger partial charge in [0.2, 0.25) is 5.91 Å². The number of nitrogens with one attached hydrogen (secondary N) is 1. The van der Waals surface area contributed by atoms with Crippen molar-refractivity contribution >= 4 is 40.4 Å². The van der Waals surface area contributed by atoms with E-state index in [-0.39, 0.29) is 25.5 Å². The average molecular weight is 513 g/mol. The Labute approximate surface area is 213 Å². The molecule has 2 aromatic rings. The first-order valence-corrected chi connectivity index (χ1v) is 12.2. The quantitative estimate of drug-likeness (QED) is 0.397. The van der Waals surface area contributed by atoms with E-state index in [4.69, 9.17) is 21.1 Å². The SMILES string of the molecule is COCCOC(=O)C1=C(C)N=C2SC=C(CC(=O)NCc3ccncc3)N2[C@@H]1c1cccc(Cl)c1. The first kappa shape index (κ1) is 25.0. The maximum Gasteiger partial charge on any atom is 0.338 e. The van der Waals surface area contributed by atoms with Gasteiger partial charge in [-0.25, -0.2) is 9.79 Å². The van der Waals surface area contributed by atoms with Gasteiger partial charge in [0, 0.05) is 36.8 Å². The summed E-state index contributed by atoms with van der Waals surface area (Å²) in [5.74, 6) is -0.624. The van der Waals surface area contributed by atoms with Gasteiger partial charge in [0.05, 0.1) is 30.3 Å². The molecule has 0 radical (unpaired) electrons. The first-order valence-electron chi connectivity index (χ1n) is 11.0. The highest BCUT2D eigenvalue weighted by Gasteiger charge is 2.41. The molecule has 1 atom stereocenters. The number of carbonyl (C=O) groups excluding carboxylic acids is 2. The van der Waals surface area contributed by atoms with E-state index in [0.29, 0.717) is 28.0 Å². The summed E-state index contributed by atoms with van der Waals surface area (Å²) < 4.78 is 10.5. The third-order valence-electron chi connectivity index (χ3n) is 5.49. The topological polar surface area (TPSA) is 93.1 Å². The van der Waals surface area contributed by atoms with Gasteiger partial charge >= 0.3 is 5.97 Å². The molecular weight excluding hydrogens is 488 g/mol. The van der Waals surface area contributed by atoms with E-state index in [1.807, 2.05) is 40.6 Å². The maximum atomic E-state index is 13.2. The summed E-state index contributed by atoms with van der Waals surface area (Å²) in [6, 6.07) is 10.5. The van der Waals surface area contributed by atoms with E-state index in [0.717, 1.165) is 16.8 Å². The first-order chi connectivity index (χ1) is 17.0. The lowest BCUT2D eigenvalue weighted by atomic mass is 9.94. The van der Waals surface area contributed by atoms with E-state index in [2.05, 4.69) is 15.3 Å². The number of hydrogen-bond donors (Lipinski definition) is 1.